The van der Waals surface area contributed by atoms with Crippen LogP contribution in [-0.4, -0.2) is 42.9 Å². The van der Waals surface area contributed by atoms with Crippen molar-refractivity contribution >= 4 is 0 Å². The molecule has 1 fully saturated rings. The van der Waals surface area contributed by atoms with E-state index in [4.69, 9.17) is 18.9 Å². The summed E-state index contributed by atoms with van der Waals surface area (Å²) in [5, 5.41) is 9.77. The largest absolute Gasteiger partial charge is 0.497 e. The molecule has 0 aliphatic carbocycles. The van der Waals surface area contributed by atoms with Gasteiger partial charge in [0.1, 0.15) is 17.5 Å². The van der Waals surface area contributed by atoms with Crippen molar-refractivity contribution in [3.63, 3.8) is 0 Å². The second kappa shape index (κ2) is 6.79. The van der Waals surface area contributed by atoms with Gasteiger partial charge in [0, 0.05) is 0 Å². The number of aliphatic hydroxyl groups is 1. The van der Waals surface area contributed by atoms with Crippen LogP contribution in [0.1, 0.15) is 19.4 Å². The van der Waals surface area contributed by atoms with Crippen molar-refractivity contribution in [2.75, 3.05) is 20.3 Å². The lowest BCUT2D eigenvalue weighted by Crippen LogP contribution is -2.49. The Hall–Kier alpha value is -1.40. The summed E-state index contributed by atoms with van der Waals surface area (Å²) in [5.41, 5.74) is 0.0801. The fourth-order valence-corrected chi connectivity index (χ4v) is 2.49. The van der Waals surface area contributed by atoms with Gasteiger partial charge in [-0.05, 0) is 31.5 Å². The minimum Gasteiger partial charge on any atom is -0.497 e. The molecule has 5 nitrogen and oxygen atoms in total. The van der Waals surface area contributed by atoms with Gasteiger partial charge in [-0.15, -0.1) is 6.58 Å². The van der Waals surface area contributed by atoms with E-state index in [0.29, 0.717) is 6.61 Å². The Morgan fingerprint density at radius 3 is 2.50 bits per heavy atom. The fourth-order valence-electron chi connectivity index (χ4n) is 2.49. The van der Waals surface area contributed by atoms with Crippen molar-refractivity contribution in [1.29, 1.82) is 0 Å². The molecule has 1 N–H and O–H groups in total. The van der Waals surface area contributed by atoms with Crippen molar-refractivity contribution in [1.82, 2.24) is 0 Å². The van der Waals surface area contributed by atoms with Gasteiger partial charge >= 0.3 is 0 Å². The van der Waals surface area contributed by atoms with Gasteiger partial charge in [-0.2, -0.15) is 0 Å². The molecule has 1 aliphatic rings. The lowest BCUT2D eigenvalue weighted by atomic mass is 9.98. The average Bonchev–Trinajstić information content (AvgIpc) is 2.85. The summed E-state index contributed by atoms with van der Waals surface area (Å²) in [7, 11) is 1.63. The molecule has 1 aliphatic heterocycles. The standard InChI is InChI=1S/C17H24O5/c1-5-15(17(11-18)12-21-16(2,3)22-17)20-10-13-6-8-14(19-4)9-7-13/h5-9,15,18H,1,10-12H2,2-4H3/t15-,17+/m1/s1. The van der Waals surface area contributed by atoms with E-state index >= 15 is 0 Å². The number of rotatable bonds is 7. The van der Waals surface area contributed by atoms with Crippen LogP contribution in [0.5, 0.6) is 5.75 Å². The molecule has 122 valence electrons. The average molecular weight is 308 g/mol. The Labute approximate surface area is 131 Å². The number of methoxy groups -OCH3 is 1. The van der Waals surface area contributed by atoms with Crippen LogP contribution < -0.4 is 4.74 Å². The molecule has 1 saturated heterocycles. The van der Waals surface area contributed by atoms with E-state index in [-0.39, 0.29) is 13.2 Å². The van der Waals surface area contributed by atoms with Gasteiger partial charge in [0.25, 0.3) is 0 Å². The number of aliphatic hydroxyl groups excluding tert-OH is 1. The number of ether oxygens (including phenoxy) is 4. The molecule has 1 aromatic carbocycles. The molecule has 2 rings (SSSR count). The number of benzene rings is 1. The van der Waals surface area contributed by atoms with Gasteiger partial charge in [0.15, 0.2) is 5.79 Å². The van der Waals surface area contributed by atoms with Crippen LogP contribution in [0.2, 0.25) is 0 Å². The highest BCUT2D eigenvalue weighted by Crippen LogP contribution is 2.35. The number of hydrogen-bond donors (Lipinski definition) is 1. The topological polar surface area (TPSA) is 57.2 Å². The van der Waals surface area contributed by atoms with Crippen LogP contribution in [0.25, 0.3) is 0 Å². The normalized spacial score (nSPS) is 24.9. The minimum absolute atomic E-state index is 0.199. The monoisotopic (exact) mass is 308 g/mol. The van der Waals surface area contributed by atoms with Crippen molar-refractivity contribution in [2.24, 2.45) is 0 Å². The smallest absolute Gasteiger partial charge is 0.164 e. The Bertz CT molecular complexity index is 496. The fraction of sp³-hybridized carbons (Fsp3) is 0.529. The highest BCUT2D eigenvalue weighted by molar-refractivity contribution is 5.26. The highest BCUT2D eigenvalue weighted by Gasteiger charge is 2.50. The van der Waals surface area contributed by atoms with Gasteiger partial charge in [-0.3, -0.25) is 0 Å². The Morgan fingerprint density at radius 1 is 1.36 bits per heavy atom. The van der Waals surface area contributed by atoms with E-state index < -0.39 is 17.5 Å². The molecule has 0 unspecified atom stereocenters. The number of hydrogen-bond acceptors (Lipinski definition) is 5. The third-order valence-electron chi connectivity index (χ3n) is 3.70. The van der Waals surface area contributed by atoms with Crippen molar-refractivity contribution in [2.45, 2.75) is 37.9 Å². The molecule has 22 heavy (non-hydrogen) atoms. The zero-order valence-corrected chi connectivity index (χ0v) is 13.4. The van der Waals surface area contributed by atoms with E-state index in [9.17, 15) is 5.11 Å². The van der Waals surface area contributed by atoms with E-state index in [0.717, 1.165) is 11.3 Å². The zero-order chi connectivity index (χ0) is 16.2. The van der Waals surface area contributed by atoms with Crippen LogP contribution in [0.3, 0.4) is 0 Å². The van der Waals surface area contributed by atoms with Gasteiger partial charge in [-0.25, -0.2) is 0 Å². The predicted molar refractivity (Wildman–Crippen MR) is 82.7 cm³/mol. The minimum atomic E-state index is -0.919. The Morgan fingerprint density at radius 2 is 2.05 bits per heavy atom. The SMILES string of the molecule is C=C[C@@H](OCc1ccc(OC)cc1)[C@]1(CO)COC(C)(C)O1. The molecule has 0 amide bonds. The predicted octanol–water partition coefficient (Wildman–Crippen LogP) is 2.28. The second-order valence-electron chi connectivity index (χ2n) is 5.83. The first-order valence-corrected chi connectivity index (χ1v) is 7.27. The summed E-state index contributed by atoms with van der Waals surface area (Å²) in [6.07, 6.45) is 1.17. The van der Waals surface area contributed by atoms with Gasteiger partial charge in [0.05, 0.1) is 26.9 Å². The Balaban J connectivity index is 2.03. The molecular weight excluding hydrogens is 284 g/mol. The molecule has 2 atom stereocenters. The molecular formula is C17H24O5. The highest BCUT2D eigenvalue weighted by atomic mass is 16.8. The van der Waals surface area contributed by atoms with Crippen molar-refractivity contribution < 1.29 is 24.1 Å². The van der Waals surface area contributed by atoms with Crippen LogP contribution in [-0.2, 0) is 20.8 Å². The van der Waals surface area contributed by atoms with E-state index in [1.807, 2.05) is 38.1 Å². The summed E-state index contributed by atoms with van der Waals surface area (Å²) >= 11 is 0. The Kier molecular flexibility index (Phi) is 5.24. The quantitative estimate of drug-likeness (QED) is 0.783. The van der Waals surface area contributed by atoms with E-state index in [1.54, 1.807) is 13.2 Å². The van der Waals surface area contributed by atoms with Crippen LogP contribution >= 0.6 is 0 Å². The van der Waals surface area contributed by atoms with Gasteiger partial charge in [-0.1, -0.05) is 18.2 Å². The van der Waals surface area contributed by atoms with Crippen LogP contribution in [0.15, 0.2) is 36.9 Å². The maximum absolute atomic E-state index is 9.77. The van der Waals surface area contributed by atoms with Gasteiger partial charge < -0.3 is 24.1 Å². The van der Waals surface area contributed by atoms with Crippen molar-refractivity contribution in [3.05, 3.63) is 42.5 Å². The molecule has 1 aromatic rings. The van der Waals surface area contributed by atoms with E-state index in [2.05, 4.69) is 6.58 Å². The lowest BCUT2D eigenvalue weighted by Gasteiger charge is -2.33. The van der Waals surface area contributed by atoms with E-state index in [1.165, 1.54) is 0 Å². The summed E-state index contributed by atoms with van der Waals surface area (Å²) in [5.74, 6) is 0.0538. The molecule has 1 heterocycles. The first kappa shape index (κ1) is 17.0. The van der Waals surface area contributed by atoms with Gasteiger partial charge in [0.2, 0.25) is 0 Å². The first-order chi connectivity index (χ1) is 10.4. The lowest BCUT2D eigenvalue weighted by molar-refractivity contribution is -0.196. The maximum Gasteiger partial charge on any atom is 0.164 e. The summed E-state index contributed by atoms with van der Waals surface area (Å²) in [6, 6.07) is 7.62. The zero-order valence-electron chi connectivity index (χ0n) is 13.4. The second-order valence-corrected chi connectivity index (χ2v) is 5.83. The molecule has 0 spiro atoms. The first-order valence-electron chi connectivity index (χ1n) is 7.27. The summed E-state index contributed by atoms with van der Waals surface area (Å²) < 4.78 is 22.5. The molecule has 5 heteroatoms. The van der Waals surface area contributed by atoms with Crippen molar-refractivity contribution in [3.8, 4) is 5.75 Å². The third-order valence-corrected chi connectivity index (χ3v) is 3.70. The molecule has 0 radical (unpaired) electrons. The maximum atomic E-state index is 9.77. The van der Waals surface area contributed by atoms with Crippen LogP contribution in [0.4, 0.5) is 0 Å². The van der Waals surface area contributed by atoms with Crippen LogP contribution in [0, 0.1) is 0 Å². The third kappa shape index (κ3) is 3.67. The molecule has 0 saturated carbocycles. The summed E-state index contributed by atoms with van der Waals surface area (Å²) in [6.45, 7) is 7.86. The molecule has 0 aromatic heterocycles. The summed E-state index contributed by atoms with van der Waals surface area (Å²) in [4.78, 5) is 0. The molecule has 0 bridgehead atoms.